The van der Waals surface area contributed by atoms with Crippen molar-refractivity contribution < 1.29 is 5.11 Å². The monoisotopic (exact) mass is 231 g/mol. The Morgan fingerprint density at radius 3 is 2.93 bits per heavy atom. The molecule has 0 amide bonds. The first kappa shape index (κ1) is 13.3. The lowest BCUT2D eigenvalue weighted by molar-refractivity contribution is 0.0473. The van der Waals surface area contributed by atoms with E-state index in [4.69, 9.17) is 0 Å². The molecule has 0 aromatic rings. The second-order valence-electron chi connectivity index (χ2n) is 4.61. The van der Waals surface area contributed by atoms with Gasteiger partial charge in [0, 0.05) is 0 Å². The molecule has 0 aromatic carbocycles. The van der Waals surface area contributed by atoms with Gasteiger partial charge < -0.3 is 10.4 Å². The number of hydrogen-bond acceptors (Lipinski definition) is 3. The Kier molecular flexibility index (Phi) is 6.69. The number of piperidine rings is 1. The summed E-state index contributed by atoms with van der Waals surface area (Å²) >= 11 is 4.23. The average molecular weight is 231 g/mol. The maximum absolute atomic E-state index is 9.97. The number of unbranched alkanes of at least 4 members (excludes halogenated alkanes) is 1. The fourth-order valence-corrected chi connectivity index (χ4v) is 2.81. The highest BCUT2D eigenvalue weighted by molar-refractivity contribution is 7.80. The van der Waals surface area contributed by atoms with Crippen LogP contribution in [0.5, 0.6) is 0 Å². The molecule has 0 radical (unpaired) electrons. The first-order chi connectivity index (χ1) is 7.29. The van der Waals surface area contributed by atoms with Crippen LogP contribution in [-0.4, -0.2) is 30.1 Å². The molecule has 0 spiro atoms. The molecule has 3 heteroatoms. The Labute approximate surface area is 99.2 Å². The highest BCUT2D eigenvalue weighted by Gasteiger charge is 2.29. The van der Waals surface area contributed by atoms with Crippen LogP contribution < -0.4 is 5.32 Å². The maximum Gasteiger partial charge on any atom is 0.0569 e. The van der Waals surface area contributed by atoms with Crippen LogP contribution in [0.4, 0.5) is 0 Å². The van der Waals surface area contributed by atoms with Gasteiger partial charge in [0.2, 0.25) is 0 Å². The number of aliphatic hydroxyl groups excluding tert-OH is 1. The largest absolute Gasteiger partial charge is 0.393 e. The number of thiol groups is 1. The van der Waals surface area contributed by atoms with E-state index in [-0.39, 0.29) is 6.10 Å². The molecule has 1 aliphatic rings. The van der Waals surface area contributed by atoms with Crippen LogP contribution in [0.2, 0.25) is 0 Å². The van der Waals surface area contributed by atoms with E-state index in [0.29, 0.717) is 11.8 Å². The summed E-state index contributed by atoms with van der Waals surface area (Å²) in [5.41, 5.74) is 0. The minimum absolute atomic E-state index is 0.0897. The molecule has 0 saturated carbocycles. The average Bonchev–Trinajstić information content (AvgIpc) is 2.29. The van der Waals surface area contributed by atoms with Gasteiger partial charge in [0.1, 0.15) is 0 Å². The fraction of sp³-hybridized carbons (Fsp3) is 1.00. The summed E-state index contributed by atoms with van der Waals surface area (Å²) < 4.78 is 0. The van der Waals surface area contributed by atoms with E-state index in [1.807, 2.05) is 0 Å². The molecule has 0 aliphatic carbocycles. The van der Waals surface area contributed by atoms with Crippen LogP contribution in [-0.2, 0) is 0 Å². The minimum Gasteiger partial charge on any atom is -0.393 e. The van der Waals surface area contributed by atoms with Crippen LogP contribution in [0.15, 0.2) is 0 Å². The Balaban J connectivity index is 2.35. The maximum atomic E-state index is 9.97. The Bertz CT molecular complexity index is 166. The molecular weight excluding hydrogens is 206 g/mol. The third-order valence-corrected chi connectivity index (χ3v) is 3.88. The van der Waals surface area contributed by atoms with Crippen molar-refractivity contribution in [3.05, 3.63) is 0 Å². The van der Waals surface area contributed by atoms with Crippen molar-refractivity contribution in [2.24, 2.45) is 11.8 Å². The van der Waals surface area contributed by atoms with Gasteiger partial charge >= 0.3 is 0 Å². The van der Waals surface area contributed by atoms with E-state index < -0.39 is 0 Å². The van der Waals surface area contributed by atoms with E-state index >= 15 is 0 Å². The second-order valence-corrected chi connectivity index (χ2v) is 5.06. The molecule has 0 bridgehead atoms. The van der Waals surface area contributed by atoms with Gasteiger partial charge in [-0.25, -0.2) is 0 Å². The molecule has 1 heterocycles. The van der Waals surface area contributed by atoms with Crippen molar-refractivity contribution in [2.75, 3.05) is 18.8 Å². The van der Waals surface area contributed by atoms with Crippen molar-refractivity contribution in [2.45, 2.75) is 45.1 Å². The van der Waals surface area contributed by atoms with Gasteiger partial charge in [-0.2, -0.15) is 12.6 Å². The van der Waals surface area contributed by atoms with Crippen LogP contribution in [0.25, 0.3) is 0 Å². The molecule has 2 N–H and O–H groups in total. The number of nitrogens with one attached hydrogen (secondary N) is 1. The van der Waals surface area contributed by atoms with Gasteiger partial charge in [-0.3, -0.25) is 0 Å². The lowest BCUT2D eigenvalue weighted by Gasteiger charge is -2.35. The Morgan fingerprint density at radius 2 is 2.27 bits per heavy atom. The van der Waals surface area contributed by atoms with E-state index in [1.165, 1.54) is 19.3 Å². The number of aliphatic hydroxyl groups is 1. The molecule has 1 fully saturated rings. The number of hydrogen-bond donors (Lipinski definition) is 3. The summed E-state index contributed by atoms with van der Waals surface area (Å²) in [4.78, 5) is 0. The van der Waals surface area contributed by atoms with Gasteiger partial charge in [0.15, 0.2) is 0 Å². The molecule has 1 aliphatic heterocycles. The Hall–Kier alpha value is 0.270. The lowest BCUT2D eigenvalue weighted by Crippen LogP contribution is -2.41. The molecule has 90 valence electrons. The van der Waals surface area contributed by atoms with Gasteiger partial charge in [-0.05, 0) is 56.4 Å². The lowest BCUT2D eigenvalue weighted by atomic mass is 9.79. The molecule has 3 atom stereocenters. The van der Waals surface area contributed by atoms with Crippen molar-refractivity contribution >= 4 is 12.6 Å². The van der Waals surface area contributed by atoms with Crippen molar-refractivity contribution in [1.29, 1.82) is 0 Å². The Morgan fingerprint density at radius 1 is 1.47 bits per heavy atom. The quantitative estimate of drug-likeness (QED) is 0.483. The van der Waals surface area contributed by atoms with Gasteiger partial charge in [-0.1, -0.05) is 13.3 Å². The van der Waals surface area contributed by atoms with E-state index in [0.717, 1.165) is 31.7 Å². The van der Waals surface area contributed by atoms with E-state index in [2.05, 4.69) is 24.9 Å². The number of rotatable bonds is 6. The molecule has 15 heavy (non-hydrogen) atoms. The summed E-state index contributed by atoms with van der Waals surface area (Å²) in [5.74, 6) is 2.19. The molecular formula is C12H25NOS. The molecule has 0 aromatic heterocycles. The predicted molar refractivity (Wildman–Crippen MR) is 68.5 cm³/mol. The molecule has 1 rings (SSSR count). The molecule has 2 nitrogen and oxygen atoms in total. The SMILES string of the molecule is CCC(O)C1CCNCC1CCCCS. The van der Waals surface area contributed by atoms with Crippen LogP contribution >= 0.6 is 12.6 Å². The topological polar surface area (TPSA) is 32.3 Å². The zero-order valence-corrected chi connectivity index (χ0v) is 10.7. The van der Waals surface area contributed by atoms with Gasteiger partial charge in [-0.15, -0.1) is 0 Å². The van der Waals surface area contributed by atoms with E-state index in [1.54, 1.807) is 0 Å². The third kappa shape index (κ3) is 4.33. The van der Waals surface area contributed by atoms with Crippen LogP contribution in [0.3, 0.4) is 0 Å². The smallest absolute Gasteiger partial charge is 0.0569 e. The minimum atomic E-state index is -0.0897. The first-order valence-corrected chi connectivity index (χ1v) is 6.92. The van der Waals surface area contributed by atoms with E-state index in [9.17, 15) is 5.11 Å². The summed E-state index contributed by atoms with van der Waals surface area (Å²) in [6.07, 6.45) is 5.65. The summed E-state index contributed by atoms with van der Waals surface area (Å²) in [6, 6.07) is 0. The van der Waals surface area contributed by atoms with Crippen LogP contribution in [0.1, 0.15) is 39.0 Å². The van der Waals surface area contributed by atoms with Crippen molar-refractivity contribution in [1.82, 2.24) is 5.32 Å². The fourth-order valence-electron chi connectivity index (χ4n) is 2.59. The van der Waals surface area contributed by atoms with Crippen molar-refractivity contribution in [3.8, 4) is 0 Å². The van der Waals surface area contributed by atoms with Crippen LogP contribution in [0, 0.1) is 11.8 Å². The summed E-state index contributed by atoms with van der Waals surface area (Å²) in [6.45, 7) is 4.25. The van der Waals surface area contributed by atoms with Gasteiger partial charge in [0.25, 0.3) is 0 Å². The first-order valence-electron chi connectivity index (χ1n) is 6.29. The summed E-state index contributed by atoms with van der Waals surface area (Å²) in [5, 5.41) is 13.4. The highest BCUT2D eigenvalue weighted by atomic mass is 32.1. The summed E-state index contributed by atoms with van der Waals surface area (Å²) in [7, 11) is 0. The van der Waals surface area contributed by atoms with Crippen molar-refractivity contribution in [3.63, 3.8) is 0 Å². The standard InChI is InChI=1S/C12H25NOS/c1-2-12(14)11-6-7-13-9-10(11)5-3-4-8-15/h10-15H,2-9H2,1H3. The molecule has 3 unspecified atom stereocenters. The normalized spacial score (nSPS) is 29.0. The zero-order valence-electron chi connectivity index (χ0n) is 9.78. The second kappa shape index (κ2) is 7.53. The predicted octanol–water partition coefficient (Wildman–Crippen LogP) is 2.08. The third-order valence-electron chi connectivity index (χ3n) is 3.56. The highest BCUT2D eigenvalue weighted by Crippen LogP contribution is 2.28. The van der Waals surface area contributed by atoms with Gasteiger partial charge in [0.05, 0.1) is 6.10 Å². The molecule has 1 saturated heterocycles. The zero-order chi connectivity index (χ0) is 11.1.